The molecule has 0 aliphatic heterocycles. The fourth-order valence-electron chi connectivity index (χ4n) is 1.75. The number of pyridine rings is 1. The smallest absolute Gasteiger partial charge is 0.185 e. The molecule has 1 aromatic heterocycles. The topological polar surface area (TPSA) is 47.0 Å². The van der Waals surface area contributed by atoms with Crippen LogP contribution in [0.2, 0.25) is 10.0 Å². The first-order valence-electron chi connectivity index (χ1n) is 5.59. The van der Waals surface area contributed by atoms with Crippen molar-refractivity contribution in [1.82, 2.24) is 4.98 Å². The highest BCUT2D eigenvalue weighted by atomic mass is 79.9. The number of halogens is 3. The molecule has 0 aliphatic carbocycles. The molecule has 0 spiro atoms. The Morgan fingerprint density at radius 3 is 2.45 bits per heavy atom. The standard InChI is InChI=1S/C13H10BrCl2NO2S/c1-8-9(5-10(14)6-17-8)7-20(18,19)13-11(15)3-2-4-12(13)16/h2-6H,7H2,1H3. The first kappa shape index (κ1) is 15.8. The molecule has 0 saturated heterocycles. The largest absolute Gasteiger partial charge is 0.260 e. The van der Waals surface area contributed by atoms with E-state index in [0.717, 1.165) is 4.47 Å². The van der Waals surface area contributed by atoms with E-state index in [0.29, 0.717) is 11.3 Å². The van der Waals surface area contributed by atoms with Gasteiger partial charge in [0.05, 0.1) is 15.8 Å². The van der Waals surface area contributed by atoms with Crippen molar-refractivity contribution in [2.24, 2.45) is 0 Å². The van der Waals surface area contributed by atoms with Gasteiger partial charge in [-0.25, -0.2) is 8.42 Å². The predicted molar refractivity (Wildman–Crippen MR) is 84.0 cm³/mol. The second-order valence-electron chi connectivity index (χ2n) is 4.21. The normalized spacial score (nSPS) is 11.6. The Labute approximate surface area is 136 Å². The summed E-state index contributed by atoms with van der Waals surface area (Å²) in [6.07, 6.45) is 1.62. The summed E-state index contributed by atoms with van der Waals surface area (Å²) >= 11 is 15.2. The van der Waals surface area contributed by atoms with Gasteiger partial charge in [0, 0.05) is 16.4 Å². The maximum atomic E-state index is 12.5. The number of sulfone groups is 1. The SMILES string of the molecule is Cc1ncc(Br)cc1CS(=O)(=O)c1c(Cl)cccc1Cl. The molecule has 0 fully saturated rings. The van der Waals surface area contributed by atoms with Crippen LogP contribution in [-0.4, -0.2) is 13.4 Å². The van der Waals surface area contributed by atoms with Crippen molar-refractivity contribution >= 4 is 49.0 Å². The first-order chi connectivity index (χ1) is 9.31. The van der Waals surface area contributed by atoms with Gasteiger partial charge < -0.3 is 0 Å². The molecular weight excluding hydrogens is 385 g/mol. The van der Waals surface area contributed by atoms with Crippen molar-refractivity contribution in [1.29, 1.82) is 0 Å². The van der Waals surface area contributed by atoms with Crippen LogP contribution in [0.3, 0.4) is 0 Å². The van der Waals surface area contributed by atoms with Crippen LogP contribution >= 0.6 is 39.1 Å². The van der Waals surface area contributed by atoms with E-state index in [1.807, 2.05) is 0 Å². The molecule has 0 N–H and O–H groups in total. The molecule has 3 nitrogen and oxygen atoms in total. The molecule has 0 bridgehead atoms. The van der Waals surface area contributed by atoms with Gasteiger partial charge in [-0.15, -0.1) is 0 Å². The van der Waals surface area contributed by atoms with Crippen LogP contribution in [0.5, 0.6) is 0 Å². The summed E-state index contributed by atoms with van der Waals surface area (Å²) in [5.74, 6) is -0.200. The zero-order valence-electron chi connectivity index (χ0n) is 10.4. The third-order valence-corrected chi connectivity index (χ3v) is 5.77. The molecule has 2 aromatic rings. The summed E-state index contributed by atoms with van der Waals surface area (Å²) in [5.41, 5.74) is 1.26. The highest BCUT2D eigenvalue weighted by Gasteiger charge is 2.23. The van der Waals surface area contributed by atoms with E-state index in [1.165, 1.54) is 12.1 Å². The number of nitrogens with zero attached hydrogens (tertiary/aromatic N) is 1. The number of benzene rings is 1. The lowest BCUT2D eigenvalue weighted by atomic mass is 10.2. The Kier molecular flexibility index (Phi) is 4.74. The summed E-state index contributed by atoms with van der Waals surface area (Å²) in [6.45, 7) is 1.76. The van der Waals surface area contributed by atoms with Gasteiger partial charge >= 0.3 is 0 Å². The van der Waals surface area contributed by atoms with E-state index in [2.05, 4.69) is 20.9 Å². The first-order valence-corrected chi connectivity index (χ1v) is 8.79. The predicted octanol–water partition coefficient (Wildman–Crippen LogP) is 4.43. The highest BCUT2D eigenvalue weighted by molar-refractivity contribution is 9.10. The number of aromatic nitrogens is 1. The van der Waals surface area contributed by atoms with Crippen molar-refractivity contribution in [3.8, 4) is 0 Å². The molecule has 0 aliphatic rings. The molecule has 0 radical (unpaired) electrons. The van der Waals surface area contributed by atoms with E-state index < -0.39 is 9.84 Å². The highest BCUT2D eigenvalue weighted by Crippen LogP contribution is 2.32. The fraction of sp³-hybridized carbons (Fsp3) is 0.154. The minimum Gasteiger partial charge on any atom is -0.260 e. The minimum atomic E-state index is -3.64. The molecule has 106 valence electrons. The molecule has 0 unspecified atom stereocenters. The second kappa shape index (κ2) is 6.02. The Balaban J connectivity index is 2.49. The van der Waals surface area contributed by atoms with Crippen molar-refractivity contribution < 1.29 is 8.42 Å². The van der Waals surface area contributed by atoms with Crippen molar-refractivity contribution in [2.45, 2.75) is 17.6 Å². The average molecular weight is 395 g/mol. The van der Waals surface area contributed by atoms with Gasteiger partial charge in [0.2, 0.25) is 0 Å². The molecule has 0 atom stereocenters. The van der Waals surface area contributed by atoms with Crippen LogP contribution in [0.4, 0.5) is 0 Å². The minimum absolute atomic E-state index is 0.0392. The third-order valence-electron chi connectivity index (χ3n) is 2.73. The molecule has 20 heavy (non-hydrogen) atoms. The lowest BCUT2D eigenvalue weighted by Crippen LogP contribution is -2.08. The van der Waals surface area contributed by atoms with E-state index in [1.54, 1.807) is 25.3 Å². The summed E-state index contributed by atoms with van der Waals surface area (Å²) in [6, 6.07) is 6.35. The summed E-state index contributed by atoms with van der Waals surface area (Å²) in [7, 11) is -3.64. The molecular formula is C13H10BrCl2NO2S. The van der Waals surface area contributed by atoms with Gasteiger partial charge in [0.25, 0.3) is 0 Å². The molecule has 7 heteroatoms. The second-order valence-corrected chi connectivity index (χ2v) is 7.86. The van der Waals surface area contributed by atoms with E-state index in [-0.39, 0.29) is 20.7 Å². The Morgan fingerprint density at radius 1 is 1.25 bits per heavy atom. The lowest BCUT2D eigenvalue weighted by Gasteiger charge is -2.10. The van der Waals surface area contributed by atoms with Gasteiger partial charge in [-0.05, 0) is 46.6 Å². The van der Waals surface area contributed by atoms with Crippen LogP contribution in [0.1, 0.15) is 11.3 Å². The maximum absolute atomic E-state index is 12.5. The molecule has 1 aromatic carbocycles. The fourth-order valence-corrected chi connectivity index (χ4v) is 4.81. The number of hydrogen-bond acceptors (Lipinski definition) is 3. The Morgan fingerprint density at radius 2 is 1.85 bits per heavy atom. The van der Waals surface area contributed by atoms with Crippen molar-refractivity contribution in [2.75, 3.05) is 0 Å². The van der Waals surface area contributed by atoms with Gasteiger partial charge in [-0.3, -0.25) is 4.98 Å². The summed E-state index contributed by atoms with van der Waals surface area (Å²) < 4.78 is 25.7. The Bertz CT molecular complexity index is 743. The lowest BCUT2D eigenvalue weighted by molar-refractivity contribution is 0.595. The summed E-state index contributed by atoms with van der Waals surface area (Å²) in [4.78, 5) is 4.08. The van der Waals surface area contributed by atoms with Crippen LogP contribution < -0.4 is 0 Å². The van der Waals surface area contributed by atoms with Gasteiger partial charge in [-0.2, -0.15) is 0 Å². The molecule has 0 saturated carbocycles. The molecule has 1 heterocycles. The van der Waals surface area contributed by atoms with Gasteiger partial charge in [0.1, 0.15) is 4.90 Å². The summed E-state index contributed by atoms with van der Waals surface area (Å²) in [5, 5.41) is 0.246. The van der Waals surface area contributed by atoms with Crippen LogP contribution in [0.15, 0.2) is 39.8 Å². The number of rotatable bonds is 3. The third kappa shape index (κ3) is 3.34. The monoisotopic (exact) mass is 393 g/mol. The van der Waals surface area contributed by atoms with Crippen molar-refractivity contribution in [3.63, 3.8) is 0 Å². The quantitative estimate of drug-likeness (QED) is 0.773. The van der Waals surface area contributed by atoms with E-state index in [9.17, 15) is 8.42 Å². The average Bonchev–Trinajstić information content (AvgIpc) is 2.33. The van der Waals surface area contributed by atoms with E-state index in [4.69, 9.17) is 23.2 Å². The van der Waals surface area contributed by atoms with Gasteiger partial charge in [0.15, 0.2) is 9.84 Å². The maximum Gasteiger partial charge on any atom is 0.185 e. The molecule has 0 amide bonds. The van der Waals surface area contributed by atoms with Crippen LogP contribution in [0.25, 0.3) is 0 Å². The zero-order chi connectivity index (χ0) is 14.9. The number of hydrogen-bond donors (Lipinski definition) is 0. The molecule has 2 rings (SSSR count). The zero-order valence-corrected chi connectivity index (χ0v) is 14.3. The Hall–Kier alpha value is -0.620. The van der Waals surface area contributed by atoms with Gasteiger partial charge in [-0.1, -0.05) is 29.3 Å². The van der Waals surface area contributed by atoms with E-state index >= 15 is 0 Å². The van der Waals surface area contributed by atoms with Crippen LogP contribution in [-0.2, 0) is 15.6 Å². The van der Waals surface area contributed by atoms with Crippen molar-refractivity contribution in [3.05, 3.63) is 56.2 Å². The van der Waals surface area contributed by atoms with Crippen LogP contribution in [0, 0.1) is 6.92 Å². The number of aryl methyl sites for hydroxylation is 1.